The molecule has 1 aromatic carbocycles. The van der Waals surface area contributed by atoms with E-state index in [2.05, 4.69) is 16.4 Å². The van der Waals surface area contributed by atoms with E-state index < -0.39 is 0 Å². The number of rotatable bonds is 4. The zero-order chi connectivity index (χ0) is 17.8. The summed E-state index contributed by atoms with van der Waals surface area (Å²) in [6, 6.07) is 14.3. The molecule has 1 atom stereocenters. The quantitative estimate of drug-likeness (QED) is 0.758. The molecule has 3 heterocycles. The number of amides is 1. The molecule has 4 rings (SSSR count). The molecule has 26 heavy (non-hydrogen) atoms. The van der Waals surface area contributed by atoms with E-state index in [0.717, 1.165) is 53.7 Å². The van der Waals surface area contributed by atoms with Gasteiger partial charge >= 0.3 is 0 Å². The van der Waals surface area contributed by atoms with Crippen molar-refractivity contribution in [3.8, 4) is 0 Å². The average molecular weight is 366 g/mol. The van der Waals surface area contributed by atoms with Gasteiger partial charge < -0.3 is 10.2 Å². The Morgan fingerprint density at radius 1 is 1.15 bits per heavy atom. The number of thiophene rings is 1. The van der Waals surface area contributed by atoms with Crippen LogP contribution in [0.25, 0.3) is 10.1 Å². The molecule has 1 aliphatic rings. The second-order valence-corrected chi connectivity index (χ2v) is 7.65. The number of hydrogen-bond donors (Lipinski definition) is 1. The third-order valence-corrected chi connectivity index (χ3v) is 5.98. The van der Waals surface area contributed by atoms with E-state index in [0.29, 0.717) is 6.54 Å². The molecule has 4 nitrogen and oxygen atoms in total. The van der Waals surface area contributed by atoms with E-state index in [1.807, 2.05) is 46.7 Å². The number of carbonyl (C=O) groups excluding carboxylic acids is 1. The van der Waals surface area contributed by atoms with Gasteiger partial charge in [-0.2, -0.15) is 0 Å². The maximum absolute atomic E-state index is 13.5. The van der Waals surface area contributed by atoms with Crippen LogP contribution in [0.3, 0.4) is 0 Å². The van der Waals surface area contributed by atoms with Gasteiger partial charge in [0.1, 0.15) is 0 Å². The first kappa shape index (κ1) is 17.2. The topological polar surface area (TPSA) is 45.2 Å². The average Bonchev–Trinajstić information content (AvgIpc) is 2.93. The molecule has 1 saturated heterocycles. The van der Waals surface area contributed by atoms with Crippen LogP contribution in [0.2, 0.25) is 0 Å². The van der Waals surface area contributed by atoms with Crippen molar-refractivity contribution in [1.82, 2.24) is 15.2 Å². The van der Waals surface area contributed by atoms with Crippen molar-refractivity contribution < 1.29 is 4.79 Å². The lowest BCUT2D eigenvalue weighted by Gasteiger charge is -2.31. The van der Waals surface area contributed by atoms with Crippen LogP contribution in [0, 0.1) is 0 Å². The molecule has 5 heteroatoms. The summed E-state index contributed by atoms with van der Waals surface area (Å²) in [5.41, 5.74) is 1.76. The van der Waals surface area contributed by atoms with Crippen LogP contribution in [0.1, 0.15) is 35.3 Å². The van der Waals surface area contributed by atoms with Crippen LogP contribution in [0.15, 0.2) is 54.0 Å². The third-order valence-electron chi connectivity index (χ3n) is 5.02. The standard InChI is InChI=1S/C21H23N3OS/c25-21(19-15-26-20-9-2-1-8-18(19)20)24(14-16-6-3-4-12-23-16)17-7-5-11-22-13-10-17/h1-4,6,8-9,12,15,17,22H,5,7,10-11,13-14H2. The Bertz CT molecular complexity index is 869. The second kappa shape index (κ2) is 7.98. The molecule has 1 amide bonds. The fraction of sp³-hybridized carbons (Fsp3) is 0.333. The molecule has 0 saturated carbocycles. The molecule has 0 aliphatic carbocycles. The first-order valence-electron chi connectivity index (χ1n) is 9.21. The SMILES string of the molecule is O=C(c1csc2ccccc12)N(Cc1ccccn1)C1CCCNCC1. The number of aromatic nitrogens is 1. The summed E-state index contributed by atoms with van der Waals surface area (Å²) in [5.74, 6) is 0.125. The maximum atomic E-state index is 13.5. The zero-order valence-electron chi connectivity index (χ0n) is 14.7. The number of nitrogens with zero attached hydrogens (tertiary/aromatic N) is 2. The summed E-state index contributed by atoms with van der Waals surface area (Å²) < 4.78 is 1.16. The van der Waals surface area contributed by atoms with Crippen molar-refractivity contribution in [3.05, 3.63) is 65.3 Å². The molecule has 1 aliphatic heterocycles. The molecule has 1 fully saturated rings. The first-order valence-corrected chi connectivity index (χ1v) is 10.1. The van der Waals surface area contributed by atoms with Gasteiger partial charge in [0.25, 0.3) is 5.91 Å². The highest BCUT2D eigenvalue weighted by Crippen LogP contribution is 2.28. The number of nitrogens with one attached hydrogen (secondary N) is 1. The molecular weight excluding hydrogens is 342 g/mol. The molecule has 0 bridgehead atoms. The van der Waals surface area contributed by atoms with Gasteiger partial charge in [0, 0.05) is 27.7 Å². The zero-order valence-corrected chi connectivity index (χ0v) is 15.5. The Hall–Kier alpha value is -2.24. The van der Waals surface area contributed by atoms with Crippen LogP contribution in [-0.4, -0.2) is 34.9 Å². The summed E-state index contributed by atoms with van der Waals surface area (Å²) >= 11 is 1.64. The van der Waals surface area contributed by atoms with Gasteiger partial charge in [0.15, 0.2) is 0 Å². The summed E-state index contributed by atoms with van der Waals surface area (Å²) in [6.07, 6.45) is 4.92. The lowest BCUT2D eigenvalue weighted by atomic mass is 10.0. The summed E-state index contributed by atoms with van der Waals surface area (Å²) in [5, 5.41) is 6.51. The van der Waals surface area contributed by atoms with Crippen molar-refractivity contribution in [2.45, 2.75) is 31.8 Å². The number of benzene rings is 1. The molecule has 1 unspecified atom stereocenters. The van der Waals surface area contributed by atoms with Gasteiger partial charge in [-0.3, -0.25) is 9.78 Å². The smallest absolute Gasteiger partial charge is 0.255 e. The van der Waals surface area contributed by atoms with Gasteiger partial charge in [0.05, 0.1) is 17.8 Å². The molecule has 2 aromatic heterocycles. The minimum Gasteiger partial charge on any atom is -0.330 e. The molecular formula is C21H23N3OS. The largest absolute Gasteiger partial charge is 0.330 e. The molecule has 1 N–H and O–H groups in total. The van der Waals surface area contributed by atoms with Crippen LogP contribution >= 0.6 is 11.3 Å². The Labute approximate surface area is 157 Å². The van der Waals surface area contributed by atoms with Gasteiger partial charge in [-0.25, -0.2) is 0 Å². The van der Waals surface area contributed by atoms with Crippen LogP contribution in [-0.2, 0) is 6.54 Å². The van der Waals surface area contributed by atoms with Crippen molar-refractivity contribution in [2.75, 3.05) is 13.1 Å². The maximum Gasteiger partial charge on any atom is 0.255 e. The lowest BCUT2D eigenvalue weighted by molar-refractivity contribution is 0.0645. The highest BCUT2D eigenvalue weighted by molar-refractivity contribution is 7.17. The number of carbonyl (C=O) groups is 1. The Balaban J connectivity index is 1.67. The molecule has 3 aromatic rings. The van der Waals surface area contributed by atoms with E-state index in [-0.39, 0.29) is 11.9 Å². The number of fused-ring (bicyclic) bond motifs is 1. The number of hydrogen-bond acceptors (Lipinski definition) is 4. The fourth-order valence-corrected chi connectivity index (χ4v) is 4.58. The Kier molecular flexibility index (Phi) is 5.27. The highest BCUT2D eigenvalue weighted by atomic mass is 32.1. The highest BCUT2D eigenvalue weighted by Gasteiger charge is 2.27. The van der Waals surface area contributed by atoms with Crippen molar-refractivity contribution in [3.63, 3.8) is 0 Å². The van der Waals surface area contributed by atoms with Crippen molar-refractivity contribution in [2.24, 2.45) is 0 Å². The monoisotopic (exact) mass is 365 g/mol. The van der Waals surface area contributed by atoms with Crippen LogP contribution in [0.5, 0.6) is 0 Å². The normalized spacial score (nSPS) is 17.8. The molecule has 134 valence electrons. The minimum atomic E-state index is 0.125. The Morgan fingerprint density at radius 2 is 2.04 bits per heavy atom. The summed E-state index contributed by atoms with van der Waals surface area (Å²) in [6.45, 7) is 2.55. The van der Waals surface area contributed by atoms with E-state index in [4.69, 9.17) is 0 Å². The van der Waals surface area contributed by atoms with Crippen molar-refractivity contribution >= 4 is 27.3 Å². The number of pyridine rings is 1. The van der Waals surface area contributed by atoms with E-state index in [1.54, 1.807) is 17.5 Å². The first-order chi connectivity index (χ1) is 12.8. The van der Waals surface area contributed by atoms with Gasteiger partial charge in [0.2, 0.25) is 0 Å². The lowest BCUT2D eigenvalue weighted by Crippen LogP contribution is -2.40. The summed E-state index contributed by atoms with van der Waals surface area (Å²) in [7, 11) is 0. The predicted molar refractivity (Wildman–Crippen MR) is 106 cm³/mol. The van der Waals surface area contributed by atoms with E-state index in [9.17, 15) is 4.79 Å². The van der Waals surface area contributed by atoms with Crippen LogP contribution in [0.4, 0.5) is 0 Å². The van der Waals surface area contributed by atoms with Crippen LogP contribution < -0.4 is 5.32 Å². The van der Waals surface area contributed by atoms with Gasteiger partial charge in [-0.1, -0.05) is 24.3 Å². The second-order valence-electron chi connectivity index (χ2n) is 6.73. The predicted octanol–water partition coefficient (Wildman–Crippen LogP) is 4.08. The third kappa shape index (κ3) is 3.64. The van der Waals surface area contributed by atoms with Crippen molar-refractivity contribution in [1.29, 1.82) is 0 Å². The minimum absolute atomic E-state index is 0.125. The van der Waals surface area contributed by atoms with Gasteiger partial charge in [-0.15, -0.1) is 11.3 Å². The summed E-state index contributed by atoms with van der Waals surface area (Å²) in [4.78, 5) is 20.0. The van der Waals surface area contributed by atoms with Gasteiger partial charge in [-0.05, 0) is 50.6 Å². The van der Waals surface area contributed by atoms with E-state index in [1.165, 1.54) is 0 Å². The van der Waals surface area contributed by atoms with E-state index >= 15 is 0 Å². The molecule has 0 spiro atoms. The molecule has 0 radical (unpaired) electrons. The fourth-order valence-electron chi connectivity index (χ4n) is 3.64. The Morgan fingerprint density at radius 3 is 2.92 bits per heavy atom.